The highest BCUT2D eigenvalue weighted by Gasteiger charge is 2.35. The first-order valence-corrected chi connectivity index (χ1v) is 12.5. The maximum absolute atomic E-state index is 13.5. The number of ether oxygens (including phenoxy) is 1. The predicted molar refractivity (Wildman–Crippen MR) is 126 cm³/mol. The molecule has 176 valence electrons. The van der Waals surface area contributed by atoms with E-state index in [9.17, 15) is 18.0 Å². The van der Waals surface area contributed by atoms with Crippen molar-refractivity contribution in [2.45, 2.75) is 51.5 Å². The van der Waals surface area contributed by atoms with Crippen LogP contribution in [0.5, 0.6) is 5.75 Å². The van der Waals surface area contributed by atoms with Crippen LogP contribution in [0, 0.1) is 26.7 Å². The average Bonchev–Trinajstić information content (AvgIpc) is 2.77. The molecule has 2 N–H and O–H groups in total. The van der Waals surface area contributed by atoms with Crippen molar-refractivity contribution in [1.82, 2.24) is 4.31 Å². The lowest BCUT2D eigenvalue weighted by atomic mass is 9.98. The van der Waals surface area contributed by atoms with Gasteiger partial charge in [-0.1, -0.05) is 12.1 Å². The van der Waals surface area contributed by atoms with Gasteiger partial charge in [-0.3, -0.25) is 9.59 Å². The average molecular weight is 472 g/mol. The van der Waals surface area contributed by atoms with Crippen molar-refractivity contribution in [3.63, 3.8) is 0 Å². The minimum Gasteiger partial charge on any atom is -0.479 e. The fourth-order valence-corrected chi connectivity index (χ4v) is 6.00. The number of carbonyl (C=O) groups is 2. The van der Waals surface area contributed by atoms with E-state index in [0.717, 1.165) is 16.8 Å². The zero-order chi connectivity index (χ0) is 23.9. The molecule has 8 nitrogen and oxygen atoms in total. The van der Waals surface area contributed by atoms with E-state index in [1.54, 1.807) is 19.9 Å². The highest BCUT2D eigenvalue weighted by Crippen LogP contribution is 2.36. The molecule has 2 heterocycles. The predicted octanol–water partition coefficient (Wildman–Crippen LogP) is 3.37. The molecular formula is C24H29N3O5S. The molecule has 2 aliphatic rings. The van der Waals surface area contributed by atoms with Gasteiger partial charge >= 0.3 is 0 Å². The summed E-state index contributed by atoms with van der Waals surface area (Å²) in [5, 5.41) is 5.71. The van der Waals surface area contributed by atoms with Crippen LogP contribution >= 0.6 is 0 Å². The second-order valence-corrected chi connectivity index (χ2v) is 10.7. The largest absolute Gasteiger partial charge is 0.479 e. The lowest BCUT2D eigenvalue weighted by Gasteiger charge is -2.32. The summed E-state index contributed by atoms with van der Waals surface area (Å²) in [4.78, 5) is 25.0. The molecule has 2 aromatic carbocycles. The van der Waals surface area contributed by atoms with E-state index in [1.807, 2.05) is 32.0 Å². The zero-order valence-corrected chi connectivity index (χ0v) is 20.1. The smallest absolute Gasteiger partial charge is 0.265 e. The number of fused-ring (bicyclic) bond motifs is 1. The summed E-state index contributed by atoms with van der Waals surface area (Å²) < 4.78 is 34.0. The molecule has 0 saturated carbocycles. The van der Waals surface area contributed by atoms with Crippen LogP contribution in [-0.2, 0) is 19.6 Å². The summed E-state index contributed by atoms with van der Waals surface area (Å²) in [5.41, 5.74) is 3.79. The van der Waals surface area contributed by atoms with Crippen molar-refractivity contribution in [1.29, 1.82) is 0 Å². The summed E-state index contributed by atoms with van der Waals surface area (Å²) in [5.74, 6) is -0.564. The molecule has 0 spiro atoms. The maximum atomic E-state index is 13.5. The Morgan fingerprint density at radius 2 is 1.94 bits per heavy atom. The van der Waals surface area contributed by atoms with Crippen molar-refractivity contribution >= 4 is 33.2 Å². The topological polar surface area (TPSA) is 105 Å². The number of rotatable bonds is 4. The zero-order valence-electron chi connectivity index (χ0n) is 19.3. The number of aryl methyl sites for hydroxylation is 2. The Morgan fingerprint density at radius 1 is 1.18 bits per heavy atom. The van der Waals surface area contributed by atoms with Gasteiger partial charge in [-0.05, 0) is 69.4 Å². The Labute approximate surface area is 194 Å². The van der Waals surface area contributed by atoms with Crippen LogP contribution in [0.4, 0.5) is 11.4 Å². The number of sulfonamides is 1. The lowest BCUT2D eigenvalue weighted by Crippen LogP contribution is -2.44. The van der Waals surface area contributed by atoms with Crippen LogP contribution in [-0.4, -0.2) is 43.7 Å². The number of benzene rings is 2. The number of carbonyl (C=O) groups excluding carboxylic acids is 2. The number of nitrogens with zero attached hydrogens (tertiary/aromatic N) is 1. The van der Waals surface area contributed by atoms with Gasteiger partial charge in [-0.25, -0.2) is 8.42 Å². The molecule has 0 bridgehead atoms. The quantitative estimate of drug-likeness (QED) is 0.711. The minimum absolute atomic E-state index is 0.115. The van der Waals surface area contributed by atoms with Gasteiger partial charge in [0.05, 0.1) is 16.5 Å². The second kappa shape index (κ2) is 8.79. The van der Waals surface area contributed by atoms with Crippen molar-refractivity contribution in [2.24, 2.45) is 5.92 Å². The SMILES string of the molecule is Cc1cc2c(cc1S(=O)(=O)N1CCC[C@H](C(=O)Nc3cccc(C)c3C)C1)O[C@H](C)C(=O)N2. The van der Waals surface area contributed by atoms with Gasteiger partial charge < -0.3 is 15.4 Å². The van der Waals surface area contributed by atoms with Gasteiger partial charge in [0.1, 0.15) is 5.75 Å². The summed E-state index contributed by atoms with van der Waals surface area (Å²) in [6.45, 7) is 7.69. The number of hydrogen-bond acceptors (Lipinski definition) is 5. The standard InChI is InChI=1S/C24H29N3O5S/c1-14-7-5-9-19(16(14)3)25-24(29)18-8-6-10-27(13-18)33(30,31)22-12-21-20(11-15(22)2)26-23(28)17(4)32-21/h5,7,9,11-12,17-18H,6,8,10,13H2,1-4H3,(H,25,29)(H,26,28)/t17-,18+/m1/s1. The fourth-order valence-electron chi connectivity index (χ4n) is 4.26. The van der Waals surface area contributed by atoms with E-state index in [-0.39, 0.29) is 23.3 Å². The van der Waals surface area contributed by atoms with Crippen LogP contribution < -0.4 is 15.4 Å². The molecule has 33 heavy (non-hydrogen) atoms. The second-order valence-electron chi connectivity index (χ2n) is 8.80. The molecule has 1 fully saturated rings. The highest BCUT2D eigenvalue weighted by atomic mass is 32.2. The monoisotopic (exact) mass is 471 g/mol. The van der Waals surface area contributed by atoms with E-state index in [0.29, 0.717) is 36.4 Å². The molecule has 2 amide bonds. The maximum Gasteiger partial charge on any atom is 0.265 e. The molecule has 0 aliphatic carbocycles. The molecule has 2 aromatic rings. The van der Waals surface area contributed by atoms with Gasteiger partial charge in [0, 0.05) is 24.8 Å². The van der Waals surface area contributed by atoms with Crippen LogP contribution in [0.15, 0.2) is 35.2 Å². The summed E-state index contributed by atoms with van der Waals surface area (Å²) in [6, 6.07) is 8.81. The number of anilines is 2. The molecule has 9 heteroatoms. The molecule has 1 saturated heterocycles. The van der Waals surface area contributed by atoms with Gasteiger partial charge in [-0.15, -0.1) is 0 Å². The lowest BCUT2D eigenvalue weighted by molar-refractivity contribution is -0.123. The third kappa shape index (κ3) is 4.47. The molecule has 2 aliphatic heterocycles. The van der Waals surface area contributed by atoms with Gasteiger partial charge in [0.15, 0.2) is 6.10 Å². The van der Waals surface area contributed by atoms with E-state index in [4.69, 9.17) is 4.74 Å². The Balaban J connectivity index is 1.55. The Hall–Kier alpha value is -2.91. The number of piperidine rings is 1. The van der Waals surface area contributed by atoms with E-state index < -0.39 is 22.0 Å². The van der Waals surface area contributed by atoms with Crippen molar-refractivity contribution in [2.75, 3.05) is 23.7 Å². The Bertz CT molecular complexity index is 1220. The highest BCUT2D eigenvalue weighted by molar-refractivity contribution is 7.89. The van der Waals surface area contributed by atoms with Crippen molar-refractivity contribution in [3.05, 3.63) is 47.0 Å². The van der Waals surface area contributed by atoms with E-state index >= 15 is 0 Å². The number of amides is 2. The van der Waals surface area contributed by atoms with Crippen molar-refractivity contribution in [3.8, 4) is 5.75 Å². The van der Waals surface area contributed by atoms with Crippen LogP contribution in [0.2, 0.25) is 0 Å². The molecule has 0 unspecified atom stereocenters. The normalized spacial score (nSPS) is 21.0. The first-order chi connectivity index (χ1) is 15.6. The van der Waals surface area contributed by atoms with Gasteiger partial charge in [0.2, 0.25) is 15.9 Å². The van der Waals surface area contributed by atoms with Crippen LogP contribution in [0.3, 0.4) is 0 Å². The first-order valence-electron chi connectivity index (χ1n) is 11.1. The Morgan fingerprint density at radius 3 is 2.70 bits per heavy atom. The number of hydrogen-bond donors (Lipinski definition) is 2. The first kappa shape index (κ1) is 23.3. The van der Waals surface area contributed by atoms with Gasteiger partial charge in [-0.2, -0.15) is 4.31 Å². The fraction of sp³-hybridized carbons (Fsp3) is 0.417. The third-order valence-electron chi connectivity index (χ3n) is 6.44. The number of nitrogens with one attached hydrogen (secondary N) is 2. The minimum atomic E-state index is -3.85. The molecular weight excluding hydrogens is 442 g/mol. The van der Waals surface area contributed by atoms with E-state index in [1.165, 1.54) is 10.4 Å². The third-order valence-corrected chi connectivity index (χ3v) is 8.45. The van der Waals surface area contributed by atoms with Crippen molar-refractivity contribution < 1.29 is 22.7 Å². The summed E-state index contributed by atoms with van der Waals surface area (Å²) in [6.07, 6.45) is 0.514. The molecule has 0 aromatic heterocycles. The van der Waals surface area contributed by atoms with E-state index in [2.05, 4.69) is 10.6 Å². The molecule has 4 rings (SSSR count). The van der Waals surface area contributed by atoms with Crippen LogP contribution in [0.1, 0.15) is 36.5 Å². The Kier molecular flexibility index (Phi) is 6.20. The van der Waals surface area contributed by atoms with Crippen LogP contribution in [0.25, 0.3) is 0 Å². The molecule has 0 radical (unpaired) electrons. The summed E-state index contributed by atoms with van der Waals surface area (Å²) in [7, 11) is -3.85. The molecule has 2 atom stereocenters. The van der Waals surface area contributed by atoms with Gasteiger partial charge in [0.25, 0.3) is 5.91 Å². The summed E-state index contributed by atoms with van der Waals surface area (Å²) >= 11 is 0.